The molecule has 1 heterocycles. The smallest absolute Gasteiger partial charge is 0.272 e. The fourth-order valence-corrected chi connectivity index (χ4v) is 2.10. The molecule has 17 heavy (non-hydrogen) atoms. The van der Waals surface area contributed by atoms with Gasteiger partial charge in [-0.05, 0) is 31.9 Å². The van der Waals surface area contributed by atoms with Crippen molar-refractivity contribution in [3.05, 3.63) is 39.4 Å². The molecule has 0 bridgehead atoms. The number of nitro benzene ring substituents is 1. The van der Waals surface area contributed by atoms with Gasteiger partial charge in [0.1, 0.15) is 0 Å². The van der Waals surface area contributed by atoms with Crippen LogP contribution in [0.3, 0.4) is 0 Å². The fourth-order valence-electron chi connectivity index (χ4n) is 2.10. The number of aryl methyl sites for hydroxylation is 1. The van der Waals surface area contributed by atoms with Crippen LogP contribution < -0.4 is 0 Å². The molecule has 5 heteroatoms. The summed E-state index contributed by atoms with van der Waals surface area (Å²) in [6, 6.07) is 4.53. The molecule has 0 spiro atoms. The first-order valence-electron chi connectivity index (χ1n) is 5.64. The molecule has 1 amide bonds. The van der Waals surface area contributed by atoms with Gasteiger partial charge < -0.3 is 4.90 Å². The van der Waals surface area contributed by atoms with Crippen LogP contribution in [0.4, 0.5) is 5.69 Å². The van der Waals surface area contributed by atoms with Crippen molar-refractivity contribution < 1.29 is 9.72 Å². The van der Waals surface area contributed by atoms with Crippen molar-refractivity contribution in [3.8, 4) is 0 Å². The highest BCUT2D eigenvalue weighted by Gasteiger charge is 2.21. The summed E-state index contributed by atoms with van der Waals surface area (Å²) in [6.45, 7) is 3.22. The Morgan fingerprint density at radius 3 is 2.53 bits per heavy atom. The maximum absolute atomic E-state index is 12.0. The lowest BCUT2D eigenvalue weighted by Crippen LogP contribution is -2.27. The van der Waals surface area contributed by atoms with E-state index in [1.807, 2.05) is 0 Å². The Balaban J connectivity index is 2.25. The SMILES string of the molecule is Cc1cc(C(=O)N2CCCC2)ccc1[N+](=O)[O-]. The van der Waals surface area contributed by atoms with Crippen molar-refractivity contribution in [3.63, 3.8) is 0 Å². The number of benzene rings is 1. The van der Waals surface area contributed by atoms with E-state index in [4.69, 9.17) is 0 Å². The van der Waals surface area contributed by atoms with E-state index in [1.165, 1.54) is 12.1 Å². The summed E-state index contributed by atoms with van der Waals surface area (Å²) in [6.07, 6.45) is 2.08. The summed E-state index contributed by atoms with van der Waals surface area (Å²) in [5.74, 6) is -0.0273. The van der Waals surface area contributed by atoms with Gasteiger partial charge in [-0.1, -0.05) is 0 Å². The number of nitrogens with zero attached hydrogens (tertiary/aromatic N) is 2. The number of hydrogen-bond acceptors (Lipinski definition) is 3. The van der Waals surface area contributed by atoms with Gasteiger partial charge in [0.2, 0.25) is 0 Å². The van der Waals surface area contributed by atoms with Gasteiger partial charge in [-0.15, -0.1) is 0 Å². The molecule has 2 rings (SSSR count). The van der Waals surface area contributed by atoms with Gasteiger partial charge >= 0.3 is 0 Å². The third-order valence-electron chi connectivity index (χ3n) is 3.03. The molecule has 1 aromatic carbocycles. The molecule has 0 N–H and O–H groups in total. The quantitative estimate of drug-likeness (QED) is 0.581. The van der Waals surface area contributed by atoms with Crippen LogP contribution in [0.2, 0.25) is 0 Å². The van der Waals surface area contributed by atoms with Gasteiger partial charge in [0.15, 0.2) is 0 Å². The number of likely N-dealkylation sites (tertiary alicyclic amines) is 1. The predicted molar refractivity (Wildman–Crippen MR) is 63.0 cm³/mol. The van der Waals surface area contributed by atoms with Crippen LogP contribution in [0.15, 0.2) is 18.2 Å². The van der Waals surface area contributed by atoms with Crippen molar-refractivity contribution in [1.29, 1.82) is 0 Å². The first-order valence-corrected chi connectivity index (χ1v) is 5.64. The summed E-state index contributed by atoms with van der Waals surface area (Å²) >= 11 is 0. The van der Waals surface area contributed by atoms with Crippen LogP contribution in [0.5, 0.6) is 0 Å². The molecule has 0 saturated carbocycles. The lowest BCUT2D eigenvalue weighted by Gasteiger charge is -2.15. The van der Waals surface area contributed by atoms with E-state index in [-0.39, 0.29) is 11.6 Å². The average Bonchev–Trinajstić information content (AvgIpc) is 2.80. The lowest BCUT2D eigenvalue weighted by atomic mass is 10.1. The summed E-state index contributed by atoms with van der Waals surface area (Å²) in [7, 11) is 0. The van der Waals surface area contributed by atoms with Crippen LogP contribution in [-0.2, 0) is 0 Å². The van der Waals surface area contributed by atoms with Crippen LogP contribution in [-0.4, -0.2) is 28.8 Å². The zero-order chi connectivity index (χ0) is 12.4. The van der Waals surface area contributed by atoms with Crippen molar-refractivity contribution in [2.24, 2.45) is 0 Å². The van der Waals surface area contributed by atoms with Gasteiger partial charge in [-0.2, -0.15) is 0 Å². The first kappa shape index (κ1) is 11.6. The normalized spacial score (nSPS) is 15.0. The number of carbonyl (C=O) groups excluding carboxylic acids is 1. The number of carbonyl (C=O) groups is 1. The number of hydrogen-bond donors (Lipinski definition) is 0. The Kier molecular flexibility index (Phi) is 3.08. The molecule has 0 aromatic heterocycles. The third kappa shape index (κ3) is 2.27. The van der Waals surface area contributed by atoms with Gasteiger partial charge in [-0.25, -0.2) is 0 Å². The monoisotopic (exact) mass is 234 g/mol. The van der Waals surface area contributed by atoms with Crippen LogP contribution in [0, 0.1) is 17.0 Å². The Morgan fingerprint density at radius 2 is 2.00 bits per heavy atom. The number of nitro groups is 1. The number of amides is 1. The minimum atomic E-state index is -0.431. The largest absolute Gasteiger partial charge is 0.339 e. The predicted octanol–water partition coefficient (Wildman–Crippen LogP) is 2.14. The van der Waals surface area contributed by atoms with E-state index < -0.39 is 4.92 Å². The van der Waals surface area contributed by atoms with E-state index >= 15 is 0 Å². The van der Waals surface area contributed by atoms with Crippen molar-refractivity contribution in [2.75, 3.05) is 13.1 Å². The summed E-state index contributed by atoms with van der Waals surface area (Å²) < 4.78 is 0. The zero-order valence-corrected chi connectivity index (χ0v) is 9.68. The topological polar surface area (TPSA) is 63.5 Å². The molecule has 90 valence electrons. The second-order valence-electron chi connectivity index (χ2n) is 4.26. The van der Waals surface area contributed by atoms with Crippen LogP contribution >= 0.6 is 0 Å². The Bertz CT molecular complexity index is 465. The van der Waals surface area contributed by atoms with E-state index in [2.05, 4.69) is 0 Å². The highest BCUT2D eigenvalue weighted by atomic mass is 16.6. The highest BCUT2D eigenvalue weighted by molar-refractivity contribution is 5.94. The maximum atomic E-state index is 12.0. The minimum Gasteiger partial charge on any atom is -0.339 e. The second-order valence-corrected chi connectivity index (χ2v) is 4.26. The molecule has 1 aliphatic rings. The van der Waals surface area contributed by atoms with E-state index in [0.29, 0.717) is 11.1 Å². The highest BCUT2D eigenvalue weighted by Crippen LogP contribution is 2.20. The van der Waals surface area contributed by atoms with Crippen LogP contribution in [0.25, 0.3) is 0 Å². The van der Waals surface area contributed by atoms with Gasteiger partial charge in [0.25, 0.3) is 11.6 Å². The summed E-state index contributed by atoms with van der Waals surface area (Å²) in [5, 5.41) is 10.7. The molecule has 1 fully saturated rings. The lowest BCUT2D eigenvalue weighted by molar-refractivity contribution is -0.385. The van der Waals surface area contributed by atoms with E-state index in [9.17, 15) is 14.9 Å². The fraction of sp³-hybridized carbons (Fsp3) is 0.417. The van der Waals surface area contributed by atoms with Gasteiger partial charge in [0, 0.05) is 30.3 Å². The molecule has 0 radical (unpaired) electrons. The second kappa shape index (κ2) is 4.53. The molecule has 5 nitrogen and oxygen atoms in total. The van der Waals surface area contributed by atoms with Crippen molar-refractivity contribution in [2.45, 2.75) is 19.8 Å². The number of rotatable bonds is 2. The molecule has 1 aliphatic heterocycles. The molecule has 1 aromatic rings. The van der Waals surface area contributed by atoms with Gasteiger partial charge in [0.05, 0.1) is 4.92 Å². The van der Waals surface area contributed by atoms with Gasteiger partial charge in [-0.3, -0.25) is 14.9 Å². The zero-order valence-electron chi connectivity index (χ0n) is 9.68. The molecular formula is C12H14N2O3. The Morgan fingerprint density at radius 1 is 1.35 bits per heavy atom. The third-order valence-corrected chi connectivity index (χ3v) is 3.03. The van der Waals surface area contributed by atoms with Crippen LogP contribution in [0.1, 0.15) is 28.8 Å². The minimum absolute atomic E-state index is 0.0273. The van der Waals surface area contributed by atoms with Crippen molar-refractivity contribution >= 4 is 11.6 Å². The molecular weight excluding hydrogens is 220 g/mol. The Labute approximate surface area is 99.2 Å². The molecule has 0 atom stereocenters. The molecule has 1 saturated heterocycles. The summed E-state index contributed by atoms with van der Waals surface area (Å²) in [5.41, 5.74) is 1.12. The standard InChI is InChI=1S/C12H14N2O3/c1-9-8-10(4-5-11(9)14(16)17)12(15)13-6-2-3-7-13/h4-5,8H,2-3,6-7H2,1H3. The molecule has 0 unspecified atom stereocenters. The Hall–Kier alpha value is -1.91. The molecule has 0 aliphatic carbocycles. The van der Waals surface area contributed by atoms with E-state index in [0.717, 1.165) is 25.9 Å². The van der Waals surface area contributed by atoms with Crippen molar-refractivity contribution in [1.82, 2.24) is 4.90 Å². The summed E-state index contributed by atoms with van der Waals surface area (Å²) in [4.78, 5) is 24.1. The maximum Gasteiger partial charge on any atom is 0.272 e. The first-order chi connectivity index (χ1) is 8.09. The average molecular weight is 234 g/mol. The van der Waals surface area contributed by atoms with E-state index in [1.54, 1.807) is 17.9 Å².